The van der Waals surface area contributed by atoms with Gasteiger partial charge in [0.2, 0.25) is 5.75 Å². The van der Waals surface area contributed by atoms with Crippen LogP contribution in [0.4, 0.5) is 0 Å². The second-order valence-corrected chi connectivity index (χ2v) is 3.93. The third kappa shape index (κ3) is 2.06. The molecule has 2 rings (SSSR count). The van der Waals surface area contributed by atoms with Gasteiger partial charge in [-0.1, -0.05) is 17.7 Å². The van der Waals surface area contributed by atoms with Gasteiger partial charge in [0, 0.05) is 5.56 Å². The number of nitrogens with one attached hydrogen (secondary N) is 1. The number of rotatable bonds is 2. The fraction of sp³-hybridized carbons (Fsp3) is 0.231. The van der Waals surface area contributed by atoms with Crippen molar-refractivity contribution in [2.75, 3.05) is 7.11 Å². The zero-order valence-electron chi connectivity index (χ0n) is 10.1. The molecule has 0 bridgehead atoms. The maximum absolute atomic E-state index is 11.6. The molecule has 0 saturated carbocycles. The number of hydrogen-bond donors (Lipinski definition) is 1. The summed E-state index contributed by atoms with van der Waals surface area (Å²) in [5, 5.41) is 0. The zero-order chi connectivity index (χ0) is 12.4. The number of aromatic amines is 1. The largest absolute Gasteiger partial charge is 0.490 e. The molecular weight excluding hydrogens is 216 g/mol. The Labute approximate surface area is 99.3 Å². The van der Waals surface area contributed by atoms with E-state index in [1.54, 1.807) is 0 Å². The van der Waals surface area contributed by atoms with E-state index in [1.165, 1.54) is 13.4 Å². The molecule has 1 heterocycles. The molecule has 4 nitrogen and oxygen atoms in total. The first-order valence-electron chi connectivity index (χ1n) is 5.33. The minimum absolute atomic E-state index is 0.251. The third-order valence-corrected chi connectivity index (χ3v) is 2.66. The second-order valence-electron chi connectivity index (χ2n) is 3.93. The van der Waals surface area contributed by atoms with Crippen molar-refractivity contribution in [3.63, 3.8) is 0 Å². The van der Waals surface area contributed by atoms with E-state index < -0.39 is 0 Å². The van der Waals surface area contributed by atoms with Gasteiger partial charge in [-0.3, -0.25) is 4.79 Å². The number of nitrogens with zero attached hydrogens (tertiary/aromatic N) is 1. The summed E-state index contributed by atoms with van der Waals surface area (Å²) >= 11 is 0. The van der Waals surface area contributed by atoms with Crippen LogP contribution in [0.15, 0.2) is 29.3 Å². The molecule has 17 heavy (non-hydrogen) atoms. The standard InChI is InChI=1S/C13H14N2O2/c1-8-4-5-9(2)10(6-8)11-12(17-3)13(16)15-7-14-11/h4-7H,1-3H3,(H,14,15,16). The van der Waals surface area contributed by atoms with Crippen LogP contribution >= 0.6 is 0 Å². The van der Waals surface area contributed by atoms with Crippen molar-refractivity contribution in [3.8, 4) is 17.0 Å². The molecule has 4 heteroatoms. The number of H-pyrrole nitrogens is 1. The molecule has 88 valence electrons. The Kier molecular flexibility index (Phi) is 2.95. The maximum Gasteiger partial charge on any atom is 0.293 e. The molecule has 1 N–H and O–H groups in total. The lowest BCUT2D eigenvalue weighted by molar-refractivity contribution is 0.408. The summed E-state index contributed by atoms with van der Waals surface area (Å²) in [6, 6.07) is 6.03. The summed E-state index contributed by atoms with van der Waals surface area (Å²) in [7, 11) is 1.47. The van der Waals surface area contributed by atoms with Gasteiger partial charge in [-0.15, -0.1) is 0 Å². The third-order valence-electron chi connectivity index (χ3n) is 2.66. The highest BCUT2D eigenvalue weighted by Gasteiger charge is 2.13. The lowest BCUT2D eigenvalue weighted by atomic mass is 10.0. The predicted molar refractivity (Wildman–Crippen MR) is 66.3 cm³/mol. The fourth-order valence-electron chi connectivity index (χ4n) is 1.76. The highest BCUT2D eigenvalue weighted by atomic mass is 16.5. The van der Waals surface area contributed by atoms with E-state index in [0.717, 1.165) is 16.7 Å². The molecule has 0 fully saturated rings. The van der Waals surface area contributed by atoms with Crippen LogP contribution in [0.2, 0.25) is 0 Å². The topological polar surface area (TPSA) is 55.0 Å². The van der Waals surface area contributed by atoms with Gasteiger partial charge < -0.3 is 9.72 Å². The van der Waals surface area contributed by atoms with Crippen LogP contribution in [0.25, 0.3) is 11.3 Å². The molecule has 0 aliphatic heterocycles. The summed E-state index contributed by atoms with van der Waals surface area (Å²) in [5.74, 6) is 0.251. The summed E-state index contributed by atoms with van der Waals surface area (Å²) < 4.78 is 5.12. The number of ether oxygens (including phenoxy) is 1. The average Bonchev–Trinajstić information content (AvgIpc) is 2.32. The molecule has 2 aromatic rings. The number of benzene rings is 1. The van der Waals surface area contributed by atoms with Crippen LogP contribution in [0.5, 0.6) is 5.75 Å². The molecule has 0 saturated heterocycles. The Morgan fingerprint density at radius 3 is 2.76 bits per heavy atom. The van der Waals surface area contributed by atoms with Crippen LogP contribution < -0.4 is 10.3 Å². The van der Waals surface area contributed by atoms with E-state index >= 15 is 0 Å². The van der Waals surface area contributed by atoms with E-state index in [4.69, 9.17) is 4.74 Å². The molecule has 0 aliphatic carbocycles. The Hall–Kier alpha value is -2.10. The molecule has 0 spiro atoms. The van der Waals surface area contributed by atoms with E-state index in [-0.39, 0.29) is 11.3 Å². The zero-order valence-corrected chi connectivity index (χ0v) is 10.1. The number of hydrogen-bond acceptors (Lipinski definition) is 3. The van der Waals surface area contributed by atoms with Gasteiger partial charge in [-0.05, 0) is 25.5 Å². The van der Waals surface area contributed by atoms with Gasteiger partial charge in [0.1, 0.15) is 5.69 Å². The Morgan fingerprint density at radius 1 is 1.29 bits per heavy atom. The first-order chi connectivity index (χ1) is 8.13. The number of aryl methyl sites for hydroxylation is 2. The van der Waals surface area contributed by atoms with Crippen molar-refractivity contribution in [1.82, 2.24) is 9.97 Å². The molecule has 0 amide bonds. The first-order valence-corrected chi connectivity index (χ1v) is 5.33. The number of aromatic nitrogens is 2. The van der Waals surface area contributed by atoms with Crippen molar-refractivity contribution in [1.29, 1.82) is 0 Å². The maximum atomic E-state index is 11.6. The number of methoxy groups -OCH3 is 1. The van der Waals surface area contributed by atoms with Crippen LogP contribution in [0, 0.1) is 13.8 Å². The van der Waals surface area contributed by atoms with Gasteiger partial charge in [0.05, 0.1) is 13.4 Å². The highest BCUT2D eigenvalue weighted by Crippen LogP contribution is 2.27. The van der Waals surface area contributed by atoms with Crippen molar-refractivity contribution < 1.29 is 4.74 Å². The van der Waals surface area contributed by atoms with Crippen LogP contribution in [-0.2, 0) is 0 Å². The van der Waals surface area contributed by atoms with Gasteiger partial charge in [-0.25, -0.2) is 4.98 Å². The van der Waals surface area contributed by atoms with Gasteiger partial charge in [0.25, 0.3) is 5.56 Å². The van der Waals surface area contributed by atoms with Crippen molar-refractivity contribution in [2.24, 2.45) is 0 Å². The molecule has 0 atom stereocenters. The summed E-state index contributed by atoms with van der Waals surface area (Å²) in [5.41, 5.74) is 3.42. The molecule has 0 aliphatic rings. The van der Waals surface area contributed by atoms with E-state index in [1.807, 2.05) is 32.0 Å². The molecule has 0 radical (unpaired) electrons. The van der Waals surface area contributed by atoms with Crippen LogP contribution in [-0.4, -0.2) is 17.1 Å². The van der Waals surface area contributed by atoms with Gasteiger partial charge >= 0.3 is 0 Å². The Bertz CT molecular complexity index is 603. The Morgan fingerprint density at radius 2 is 2.06 bits per heavy atom. The monoisotopic (exact) mass is 230 g/mol. The lowest BCUT2D eigenvalue weighted by Crippen LogP contribution is -2.11. The second kappa shape index (κ2) is 4.41. The average molecular weight is 230 g/mol. The van der Waals surface area contributed by atoms with Crippen LogP contribution in [0.3, 0.4) is 0 Å². The normalized spacial score (nSPS) is 10.3. The van der Waals surface area contributed by atoms with E-state index in [0.29, 0.717) is 5.69 Å². The predicted octanol–water partition coefficient (Wildman–Crippen LogP) is 2.06. The molecule has 1 aromatic carbocycles. The minimum Gasteiger partial charge on any atom is -0.490 e. The minimum atomic E-state index is -0.265. The summed E-state index contributed by atoms with van der Waals surface area (Å²) in [6.07, 6.45) is 1.39. The lowest BCUT2D eigenvalue weighted by Gasteiger charge is -2.09. The molecular formula is C13H14N2O2. The SMILES string of the molecule is COc1c(-c2cc(C)ccc2C)nc[nH]c1=O. The van der Waals surface area contributed by atoms with Crippen molar-refractivity contribution in [2.45, 2.75) is 13.8 Å². The first kappa shape index (κ1) is 11.4. The highest BCUT2D eigenvalue weighted by molar-refractivity contribution is 5.69. The van der Waals surface area contributed by atoms with E-state index in [9.17, 15) is 4.79 Å². The smallest absolute Gasteiger partial charge is 0.293 e. The Balaban J connectivity index is 2.72. The van der Waals surface area contributed by atoms with Crippen molar-refractivity contribution in [3.05, 3.63) is 46.0 Å². The molecule has 1 aromatic heterocycles. The fourth-order valence-corrected chi connectivity index (χ4v) is 1.76. The molecule has 0 unspecified atom stereocenters. The van der Waals surface area contributed by atoms with Gasteiger partial charge in [0.15, 0.2) is 0 Å². The van der Waals surface area contributed by atoms with Crippen LogP contribution in [0.1, 0.15) is 11.1 Å². The van der Waals surface area contributed by atoms with E-state index in [2.05, 4.69) is 9.97 Å². The van der Waals surface area contributed by atoms with Gasteiger partial charge in [-0.2, -0.15) is 0 Å². The summed E-state index contributed by atoms with van der Waals surface area (Å²) in [4.78, 5) is 18.3. The summed E-state index contributed by atoms with van der Waals surface area (Å²) in [6.45, 7) is 3.99. The quantitative estimate of drug-likeness (QED) is 0.859. The van der Waals surface area contributed by atoms with Crippen molar-refractivity contribution >= 4 is 0 Å².